The predicted molar refractivity (Wildman–Crippen MR) is 73.1 cm³/mol. The summed E-state index contributed by atoms with van der Waals surface area (Å²) < 4.78 is 2.10. The van der Waals surface area contributed by atoms with Crippen LogP contribution < -0.4 is 5.32 Å². The van der Waals surface area contributed by atoms with Gasteiger partial charge >= 0.3 is 0 Å². The smallest absolute Gasteiger partial charge is 0.0597 e. The molecule has 1 atom stereocenters. The first-order valence-electron chi connectivity index (χ1n) is 6.50. The van der Waals surface area contributed by atoms with Gasteiger partial charge in [-0.1, -0.05) is 12.5 Å². The molecule has 1 aromatic heterocycles. The third kappa shape index (κ3) is 4.00. The number of allylic oxidation sites excluding steroid dienone is 1. The Kier molecular flexibility index (Phi) is 5.42. The number of aryl methyl sites for hydroxylation is 2. The molecule has 96 valence electrons. The highest BCUT2D eigenvalue weighted by molar-refractivity contribution is 5.14. The average molecular weight is 235 g/mol. The summed E-state index contributed by atoms with van der Waals surface area (Å²) in [4.78, 5) is 0. The van der Waals surface area contributed by atoms with E-state index in [1.165, 1.54) is 11.3 Å². The Morgan fingerprint density at radius 1 is 1.53 bits per heavy atom. The van der Waals surface area contributed by atoms with Gasteiger partial charge in [-0.3, -0.25) is 4.68 Å². The van der Waals surface area contributed by atoms with Crippen LogP contribution in [0.25, 0.3) is 0 Å². The molecule has 1 aromatic rings. The molecular weight excluding hydrogens is 210 g/mol. The zero-order valence-corrected chi connectivity index (χ0v) is 11.6. The largest absolute Gasteiger partial charge is 0.309 e. The average Bonchev–Trinajstić information content (AvgIpc) is 2.65. The van der Waals surface area contributed by atoms with E-state index >= 15 is 0 Å². The molecule has 1 unspecified atom stereocenters. The van der Waals surface area contributed by atoms with Crippen molar-refractivity contribution in [2.75, 3.05) is 6.54 Å². The first kappa shape index (κ1) is 14.0. The van der Waals surface area contributed by atoms with Crippen LogP contribution in [-0.4, -0.2) is 16.3 Å². The Morgan fingerprint density at radius 3 is 2.76 bits per heavy atom. The second-order valence-electron chi connectivity index (χ2n) is 4.63. The summed E-state index contributed by atoms with van der Waals surface area (Å²) in [5.41, 5.74) is 3.64. The minimum absolute atomic E-state index is 0.387. The highest BCUT2D eigenvalue weighted by Gasteiger charge is 2.15. The van der Waals surface area contributed by atoms with Crippen molar-refractivity contribution < 1.29 is 0 Å². The molecule has 0 bridgehead atoms. The quantitative estimate of drug-likeness (QED) is 0.735. The first-order chi connectivity index (χ1) is 8.08. The van der Waals surface area contributed by atoms with Crippen molar-refractivity contribution in [2.24, 2.45) is 0 Å². The standard InChI is InChI=1S/C14H25N3/c1-6-15-13(9-8-11(3)4)14-10-12(5)16-17(14)7-2/h10,13,15H,3,6-9H2,1-2,4-5H3. The van der Waals surface area contributed by atoms with Gasteiger partial charge in [-0.25, -0.2) is 0 Å². The molecule has 17 heavy (non-hydrogen) atoms. The Bertz CT molecular complexity index is 366. The van der Waals surface area contributed by atoms with E-state index in [9.17, 15) is 0 Å². The molecule has 3 nitrogen and oxygen atoms in total. The van der Waals surface area contributed by atoms with Gasteiger partial charge in [0.2, 0.25) is 0 Å². The van der Waals surface area contributed by atoms with Crippen LogP contribution in [0.15, 0.2) is 18.2 Å². The van der Waals surface area contributed by atoms with Crippen molar-refractivity contribution in [2.45, 2.75) is 53.1 Å². The van der Waals surface area contributed by atoms with Gasteiger partial charge in [0.15, 0.2) is 0 Å². The van der Waals surface area contributed by atoms with Crippen LogP contribution in [0.2, 0.25) is 0 Å². The van der Waals surface area contributed by atoms with Crippen LogP contribution in [0.4, 0.5) is 0 Å². The molecule has 0 aromatic carbocycles. The highest BCUT2D eigenvalue weighted by Crippen LogP contribution is 2.21. The maximum Gasteiger partial charge on any atom is 0.0597 e. The number of nitrogens with zero attached hydrogens (tertiary/aromatic N) is 2. The van der Waals surface area contributed by atoms with Crippen molar-refractivity contribution in [3.63, 3.8) is 0 Å². The minimum atomic E-state index is 0.387. The zero-order chi connectivity index (χ0) is 12.8. The molecule has 0 aliphatic rings. The van der Waals surface area contributed by atoms with E-state index in [0.717, 1.165) is 31.6 Å². The number of nitrogens with one attached hydrogen (secondary N) is 1. The van der Waals surface area contributed by atoms with Gasteiger partial charge in [-0.2, -0.15) is 5.10 Å². The van der Waals surface area contributed by atoms with E-state index in [-0.39, 0.29) is 0 Å². The molecule has 0 spiro atoms. The lowest BCUT2D eigenvalue weighted by Crippen LogP contribution is -2.23. The summed E-state index contributed by atoms with van der Waals surface area (Å²) in [6, 6.07) is 2.58. The van der Waals surface area contributed by atoms with Crippen LogP contribution in [0.5, 0.6) is 0 Å². The topological polar surface area (TPSA) is 29.9 Å². The lowest BCUT2D eigenvalue weighted by atomic mass is 10.0. The van der Waals surface area contributed by atoms with Gasteiger partial charge in [0.25, 0.3) is 0 Å². The molecule has 0 amide bonds. The molecule has 0 radical (unpaired) electrons. The van der Waals surface area contributed by atoms with Crippen molar-refractivity contribution >= 4 is 0 Å². The number of hydrogen-bond donors (Lipinski definition) is 1. The third-order valence-electron chi connectivity index (χ3n) is 2.90. The highest BCUT2D eigenvalue weighted by atomic mass is 15.3. The third-order valence-corrected chi connectivity index (χ3v) is 2.90. The van der Waals surface area contributed by atoms with Crippen LogP contribution in [0, 0.1) is 6.92 Å². The summed E-state index contributed by atoms with van der Waals surface area (Å²) in [5, 5.41) is 8.05. The SMILES string of the molecule is C=C(C)CCC(NCC)c1cc(C)nn1CC. The maximum atomic E-state index is 4.51. The minimum Gasteiger partial charge on any atom is -0.309 e. The summed E-state index contributed by atoms with van der Waals surface area (Å²) >= 11 is 0. The van der Waals surface area contributed by atoms with Crippen LogP contribution in [0.3, 0.4) is 0 Å². The van der Waals surface area contributed by atoms with Crippen LogP contribution in [-0.2, 0) is 6.54 Å². The summed E-state index contributed by atoms with van der Waals surface area (Å²) in [5.74, 6) is 0. The van der Waals surface area contributed by atoms with Gasteiger partial charge in [0.05, 0.1) is 11.4 Å². The summed E-state index contributed by atoms with van der Waals surface area (Å²) in [7, 11) is 0. The summed E-state index contributed by atoms with van der Waals surface area (Å²) in [6.45, 7) is 14.3. The van der Waals surface area contributed by atoms with Crippen LogP contribution >= 0.6 is 0 Å². The van der Waals surface area contributed by atoms with Gasteiger partial charge in [-0.15, -0.1) is 6.58 Å². The molecule has 0 aliphatic carbocycles. The normalized spacial score (nSPS) is 12.7. The molecule has 0 aliphatic heterocycles. The molecule has 1 rings (SSSR count). The molecule has 0 fully saturated rings. The monoisotopic (exact) mass is 235 g/mol. The second kappa shape index (κ2) is 6.60. The lowest BCUT2D eigenvalue weighted by Gasteiger charge is -2.19. The van der Waals surface area contributed by atoms with Gasteiger partial charge in [-0.05, 0) is 46.2 Å². The Balaban J connectivity index is 2.83. The Morgan fingerprint density at radius 2 is 2.24 bits per heavy atom. The fourth-order valence-electron chi connectivity index (χ4n) is 2.09. The number of hydrogen-bond acceptors (Lipinski definition) is 2. The van der Waals surface area contributed by atoms with Crippen molar-refractivity contribution in [3.05, 3.63) is 29.6 Å². The first-order valence-corrected chi connectivity index (χ1v) is 6.50. The Labute approximate surface area is 105 Å². The van der Waals surface area contributed by atoms with Gasteiger partial charge in [0.1, 0.15) is 0 Å². The molecule has 3 heteroatoms. The van der Waals surface area contributed by atoms with E-state index in [2.05, 4.69) is 55.4 Å². The van der Waals surface area contributed by atoms with E-state index in [0.29, 0.717) is 6.04 Å². The van der Waals surface area contributed by atoms with E-state index in [1.807, 2.05) is 0 Å². The molecule has 1 heterocycles. The fourth-order valence-corrected chi connectivity index (χ4v) is 2.09. The maximum absolute atomic E-state index is 4.51. The van der Waals surface area contributed by atoms with E-state index in [4.69, 9.17) is 0 Å². The summed E-state index contributed by atoms with van der Waals surface area (Å²) in [6.07, 6.45) is 2.15. The number of aromatic nitrogens is 2. The number of rotatable bonds is 7. The lowest BCUT2D eigenvalue weighted by molar-refractivity contribution is 0.466. The zero-order valence-electron chi connectivity index (χ0n) is 11.6. The molecule has 0 saturated heterocycles. The van der Waals surface area contributed by atoms with Crippen molar-refractivity contribution in [3.8, 4) is 0 Å². The van der Waals surface area contributed by atoms with Crippen molar-refractivity contribution in [1.29, 1.82) is 0 Å². The van der Waals surface area contributed by atoms with Crippen molar-refractivity contribution in [1.82, 2.24) is 15.1 Å². The molecule has 0 saturated carbocycles. The Hall–Kier alpha value is -1.09. The second-order valence-corrected chi connectivity index (χ2v) is 4.63. The predicted octanol–water partition coefficient (Wildman–Crippen LogP) is 3.22. The van der Waals surface area contributed by atoms with Crippen LogP contribution in [0.1, 0.15) is 51.0 Å². The van der Waals surface area contributed by atoms with E-state index in [1.54, 1.807) is 0 Å². The fraction of sp³-hybridized carbons (Fsp3) is 0.643. The van der Waals surface area contributed by atoms with E-state index < -0.39 is 0 Å². The van der Waals surface area contributed by atoms with Gasteiger partial charge < -0.3 is 5.32 Å². The van der Waals surface area contributed by atoms with Gasteiger partial charge in [0, 0.05) is 12.6 Å². The molecular formula is C14H25N3. The molecule has 1 N–H and O–H groups in total.